The van der Waals surface area contributed by atoms with E-state index in [1.165, 1.54) is 25.7 Å². The van der Waals surface area contributed by atoms with Gasteiger partial charge in [-0.3, -0.25) is 8.78 Å². The lowest BCUT2D eigenvalue weighted by Gasteiger charge is -2.42. The molecular formula is C33H50BF7O3. The summed E-state index contributed by atoms with van der Waals surface area (Å²) in [7, 11) is 0.261. The number of benzene rings is 1. The van der Waals surface area contributed by atoms with Crippen LogP contribution in [0.4, 0.5) is 30.7 Å². The van der Waals surface area contributed by atoms with Gasteiger partial charge in [0.15, 0.2) is 11.6 Å². The van der Waals surface area contributed by atoms with Crippen molar-refractivity contribution in [2.24, 2.45) is 11.3 Å². The van der Waals surface area contributed by atoms with Crippen molar-refractivity contribution in [3.63, 3.8) is 0 Å². The van der Waals surface area contributed by atoms with Gasteiger partial charge in [0.05, 0.1) is 19.9 Å². The number of rotatable bonds is 15. The molecular weight excluding hydrogens is 588 g/mol. The zero-order valence-electron chi connectivity index (χ0n) is 27.3. The van der Waals surface area contributed by atoms with Gasteiger partial charge in [0.25, 0.3) is 6.36 Å². The van der Waals surface area contributed by atoms with Gasteiger partial charge in [0.2, 0.25) is 0 Å². The number of terminal acetylenes is 1. The first-order valence-electron chi connectivity index (χ1n) is 14.9. The maximum Gasteiger partial charge on any atom is 0.461 e. The molecule has 0 saturated carbocycles. The Balaban J connectivity index is 0. The third kappa shape index (κ3) is 16.6. The van der Waals surface area contributed by atoms with Crippen LogP contribution >= 0.6 is 0 Å². The maximum absolute atomic E-state index is 14.8. The van der Waals surface area contributed by atoms with Gasteiger partial charge in [0, 0.05) is 31.0 Å². The lowest BCUT2D eigenvalue weighted by atomic mass is 9.70. The van der Waals surface area contributed by atoms with Crippen LogP contribution in [0.15, 0.2) is 41.5 Å². The highest BCUT2D eigenvalue weighted by atomic mass is 19.2. The fraction of sp³-hybridized carbons (Fsp3) is 0.636. The quantitative estimate of drug-likeness (QED) is 0.0629. The molecule has 2 atom stereocenters. The van der Waals surface area contributed by atoms with Gasteiger partial charge in [-0.1, -0.05) is 59.3 Å². The minimum atomic E-state index is -2.56. The summed E-state index contributed by atoms with van der Waals surface area (Å²) in [6.45, 7) is 10.00. The van der Waals surface area contributed by atoms with Crippen molar-refractivity contribution in [3.8, 4) is 18.1 Å². The molecule has 1 fully saturated rings. The molecule has 44 heavy (non-hydrogen) atoms. The highest BCUT2D eigenvalue weighted by Crippen LogP contribution is 2.39. The van der Waals surface area contributed by atoms with Crippen molar-refractivity contribution in [1.29, 1.82) is 0 Å². The van der Waals surface area contributed by atoms with Gasteiger partial charge in [0.1, 0.15) is 17.4 Å². The Labute approximate surface area is 260 Å². The summed E-state index contributed by atoms with van der Waals surface area (Å²) < 4.78 is 105. The SMILES string of the molecule is C#CC.CCCCCCC(CCCC)C1(C)COB(C/C=C(F)\C(=C(/C)F)C(F)Oc2ccc(F)c(F)c2)OC1.CF.CF. The van der Waals surface area contributed by atoms with E-state index < -0.39 is 48.1 Å². The number of halogens is 7. The summed E-state index contributed by atoms with van der Waals surface area (Å²) in [6.07, 6.45) is 12.3. The molecule has 1 aromatic rings. The Morgan fingerprint density at radius 3 is 2.05 bits per heavy atom. The fourth-order valence-corrected chi connectivity index (χ4v) is 4.61. The van der Waals surface area contributed by atoms with Crippen LogP contribution in [-0.4, -0.2) is 41.0 Å². The zero-order chi connectivity index (χ0) is 34.1. The van der Waals surface area contributed by atoms with Crippen LogP contribution in [0.3, 0.4) is 0 Å². The molecule has 1 saturated heterocycles. The number of unbranched alkanes of at least 4 members (excludes halogenated alkanes) is 4. The van der Waals surface area contributed by atoms with Crippen molar-refractivity contribution in [2.45, 2.75) is 98.7 Å². The summed E-state index contributed by atoms with van der Waals surface area (Å²) in [6, 6.07) is 2.31. The van der Waals surface area contributed by atoms with Crippen LogP contribution in [-0.2, 0) is 9.31 Å². The van der Waals surface area contributed by atoms with Crippen LogP contribution in [0.5, 0.6) is 5.75 Å². The summed E-state index contributed by atoms with van der Waals surface area (Å²) in [5, 5.41) is 0. The van der Waals surface area contributed by atoms with Crippen LogP contribution in [0, 0.1) is 35.3 Å². The fourth-order valence-electron chi connectivity index (χ4n) is 4.61. The second kappa shape index (κ2) is 25.8. The highest BCUT2D eigenvalue weighted by Gasteiger charge is 2.40. The Bertz CT molecular complexity index is 986. The van der Waals surface area contributed by atoms with E-state index >= 15 is 0 Å². The number of alkyl halides is 3. The van der Waals surface area contributed by atoms with Crippen molar-refractivity contribution >= 4 is 7.12 Å². The van der Waals surface area contributed by atoms with Gasteiger partial charge < -0.3 is 14.0 Å². The molecule has 0 aromatic heterocycles. The third-order valence-corrected chi connectivity index (χ3v) is 6.97. The molecule has 0 spiro atoms. The van der Waals surface area contributed by atoms with E-state index in [2.05, 4.69) is 33.1 Å². The van der Waals surface area contributed by atoms with Gasteiger partial charge in [-0.15, -0.1) is 12.3 Å². The van der Waals surface area contributed by atoms with Crippen LogP contribution in [0.1, 0.15) is 86.0 Å². The first-order chi connectivity index (χ1) is 21.0. The second-order valence-electron chi connectivity index (χ2n) is 10.4. The third-order valence-electron chi connectivity index (χ3n) is 6.97. The predicted octanol–water partition coefficient (Wildman–Crippen LogP) is 10.9. The molecule has 0 N–H and O–H groups in total. The zero-order valence-corrected chi connectivity index (χ0v) is 27.3. The number of hydrogen-bond donors (Lipinski definition) is 0. The molecule has 3 nitrogen and oxygen atoms in total. The van der Waals surface area contributed by atoms with Crippen LogP contribution in [0.2, 0.25) is 6.32 Å². The number of allylic oxidation sites excluding steroid dienone is 2. The molecule has 1 aromatic carbocycles. The molecule has 1 aliphatic rings. The molecule has 0 bridgehead atoms. The van der Waals surface area contributed by atoms with Crippen molar-refractivity contribution in [3.05, 3.63) is 53.1 Å². The topological polar surface area (TPSA) is 27.7 Å². The van der Waals surface area contributed by atoms with E-state index in [0.29, 0.717) is 39.6 Å². The van der Waals surface area contributed by atoms with E-state index in [0.717, 1.165) is 50.8 Å². The van der Waals surface area contributed by atoms with E-state index in [9.17, 15) is 30.7 Å². The first-order valence-corrected chi connectivity index (χ1v) is 14.9. The molecule has 0 amide bonds. The largest absolute Gasteiger partial charge is 0.461 e. The summed E-state index contributed by atoms with van der Waals surface area (Å²) in [5.41, 5.74) is -1.11. The lowest BCUT2D eigenvalue weighted by Crippen LogP contribution is -2.46. The van der Waals surface area contributed by atoms with E-state index in [1.807, 2.05) is 0 Å². The molecule has 11 heteroatoms. The molecule has 2 rings (SSSR count). The van der Waals surface area contributed by atoms with E-state index in [-0.39, 0.29) is 11.7 Å². The van der Waals surface area contributed by atoms with Gasteiger partial charge in [-0.05, 0) is 50.8 Å². The van der Waals surface area contributed by atoms with Gasteiger partial charge in [-0.2, -0.15) is 4.39 Å². The molecule has 1 aliphatic heterocycles. The van der Waals surface area contributed by atoms with Crippen molar-refractivity contribution in [1.82, 2.24) is 0 Å². The molecule has 252 valence electrons. The standard InChI is InChI=1S/C28H40BF5O3.C3H4.2CH3F/c1-5-7-9-10-12-21(11-8-6-2)28(4)18-35-29(36-19-28)16-15-24(32)26(20(3)30)27(34)37-22-13-14-23(31)25(33)17-22;1-3-2;2*1-2/h13-15,17,21,27H,5-12,16,18-19H2,1-4H3;1H,2H3;2*1H3/b24-15+,26-20-;;;. The average molecular weight is 639 g/mol. The maximum atomic E-state index is 14.8. The predicted molar refractivity (Wildman–Crippen MR) is 166 cm³/mol. The Kier molecular flexibility index (Phi) is 25.7. The smallest absolute Gasteiger partial charge is 0.456 e. The minimum absolute atomic E-state index is 0.0489. The summed E-state index contributed by atoms with van der Waals surface area (Å²) >= 11 is 0. The first kappa shape index (κ1) is 43.7. The Morgan fingerprint density at radius 2 is 1.55 bits per heavy atom. The monoisotopic (exact) mass is 638 g/mol. The Morgan fingerprint density at radius 1 is 1.00 bits per heavy atom. The normalized spacial score (nSPS) is 15.9. The van der Waals surface area contributed by atoms with Crippen LogP contribution < -0.4 is 4.74 Å². The molecule has 0 radical (unpaired) electrons. The van der Waals surface area contributed by atoms with Crippen LogP contribution in [0.25, 0.3) is 0 Å². The number of hydrogen-bond acceptors (Lipinski definition) is 3. The number of ether oxygens (including phenoxy) is 1. The second-order valence-corrected chi connectivity index (χ2v) is 10.4. The summed E-state index contributed by atoms with van der Waals surface area (Å²) in [4.78, 5) is 0. The molecule has 1 heterocycles. The lowest BCUT2D eigenvalue weighted by molar-refractivity contribution is -0.0282. The molecule has 2 unspecified atom stereocenters. The van der Waals surface area contributed by atoms with Crippen molar-refractivity contribution < 1.29 is 44.8 Å². The Hall–Kier alpha value is -2.45. The molecule has 0 aliphatic carbocycles. The van der Waals surface area contributed by atoms with Crippen molar-refractivity contribution in [2.75, 3.05) is 27.6 Å². The van der Waals surface area contributed by atoms with Gasteiger partial charge >= 0.3 is 7.12 Å². The van der Waals surface area contributed by atoms with E-state index in [4.69, 9.17) is 14.0 Å². The van der Waals surface area contributed by atoms with E-state index in [1.54, 1.807) is 6.92 Å². The highest BCUT2D eigenvalue weighted by molar-refractivity contribution is 6.45. The minimum Gasteiger partial charge on any atom is -0.456 e. The van der Waals surface area contributed by atoms with Gasteiger partial charge in [-0.25, -0.2) is 17.6 Å². The average Bonchev–Trinajstić information content (AvgIpc) is 3.00. The summed E-state index contributed by atoms with van der Waals surface area (Å²) in [5.74, 6) is -2.41.